The maximum atomic E-state index is 13.3. The van der Waals surface area contributed by atoms with E-state index in [0.717, 1.165) is 13.0 Å². The Morgan fingerprint density at radius 2 is 1.76 bits per heavy atom. The summed E-state index contributed by atoms with van der Waals surface area (Å²) >= 11 is 0. The molecular formula is C25H34N6O6. The van der Waals surface area contributed by atoms with Crippen LogP contribution in [0.2, 0.25) is 0 Å². The number of aromatic amines is 1. The van der Waals surface area contributed by atoms with E-state index in [9.17, 15) is 29.4 Å². The first-order chi connectivity index (χ1) is 17.6. The van der Waals surface area contributed by atoms with Crippen molar-refractivity contribution in [1.82, 2.24) is 31.2 Å². The Morgan fingerprint density at radius 3 is 2.32 bits per heavy atom. The summed E-state index contributed by atoms with van der Waals surface area (Å²) in [6.07, 6.45) is 4.67. The van der Waals surface area contributed by atoms with Crippen molar-refractivity contribution >= 4 is 23.7 Å². The number of phenols is 1. The third-order valence-corrected chi connectivity index (χ3v) is 6.23. The molecule has 1 aliphatic heterocycles. The van der Waals surface area contributed by atoms with Gasteiger partial charge in [0.2, 0.25) is 17.7 Å². The highest BCUT2D eigenvalue weighted by Gasteiger charge is 2.33. The molecule has 12 heteroatoms. The number of H-pyrrole nitrogens is 1. The van der Waals surface area contributed by atoms with E-state index in [-0.39, 0.29) is 30.4 Å². The van der Waals surface area contributed by atoms with Crippen LogP contribution in [0.5, 0.6) is 5.75 Å². The molecule has 1 fully saturated rings. The third-order valence-electron chi connectivity index (χ3n) is 6.23. The van der Waals surface area contributed by atoms with Crippen LogP contribution in [0.15, 0.2) is 36.8 Å². The van der Waals surface area contributed by atoms with Crippen molar-refractivity contribution in [2.75, 3.05) is 6.54 Å². The molecule has 4 atom stereocenters. The van der Waals surface area contributed by atoms with Crippen molar-refractivity contribution in [3.63, 3.8) is 0 Å². The molecule has 1 aromatic heterocycles. The summed E-state index contributed by atoms with van der Waals surface area (Å²) in [4.78, 5) is 57.8. The zero-order chi connectivity index (χ0) is 26.9. The highest BCUT2D eigenvalue weighted by Crippen LogP contribution is 2.13. The minimum atomic E-state index is -1.25. The molecule has 0 bridgehead atoms. The zero-order valence-corrected chi connectivity index (χ0v) is 20.9. The molecule has 2 aromatic rings. The number of aliphatic carboxylic acids is 1. The van der Waals surface area contributed by atoms with E-state index >= 15 is 0 Å². The average molecular weight is 515 g/mol. The normalized spacial score (nSPS) is 17.5. The van der Waals surface area contributed by atoms with E-state index in [1.54, 1.807) is 32.2 Å². The Kier molecular flexibility index (Phi) is 9.61. The van der Waals surface area contributed by atoms with Crippen LogP contribution in [-0.4, -0.2) is 74.6 Å². The lowest BCUT2D eigenvalue weighted by Gasteiger charge is -2.27. The number of imidazole rings is 1. The van der Waals surface area contributed by atoms with Gasteiger partial charge in [-0.15, -0.1) is 0 Å². The second kappa shape index (κ2) is 12.9. The molecule has 3 rings (SSSR count). The molecule has 0 saturated carbocycles. The quantitative estimate of drug-likeness (QED) is 0.204. The molecule has 37 heavy (non-hydrogen) atoms. The van der Waals surface area contributed by atoms with Crippen molar-refractivity contribution < 1.29 is 29.4 Å². The van der Waals surface area contributed by atoms with Crippen LogP contribution in [0.3, 0.4) is 0 Å². The van der Waals surface area contributed by atoms with Crippen LogP contribution in [-0.2, 0) is 32.0 Å². The van der Waals surface area contributed by atoms with Crippen molar-refractivity contribution in [3.05, 3.63) is 48.0 Å². The second-order valence-corrected chi connectivity index (χ2v) is 9.49. The zero-order valence-electron chi connectivity index (χ0n) is 20.9. The van der Waals surface area contributed by atoms with Crippen LogP contribution >= 0.6 is 0 Å². The Morgan fingerprint density at radius 1 is 1.03 bits per heavy atom. The molecule has 4 unspecified atom stereocenters. The molecule has 1 aliphatic rings. The topological polar surface area (TPSA) is 186 Å². The van der Waals surface area contributed by atoms with E-state index in [4.69, 9.17) is 0 Å². The standard InChI is InChI=1S/C25H34N6O6/c1-14(2)21(24(35)30-20(25(36)37)10-15-5-7-17(32)8-6-15)31-23(34)19(11-16-12-26-13-28-16)29-22(33)18-4-3-9-27-18/h5-8,12-14,18-21,27,32H,3-4,9-11H2,1-2H3,(H,26,28)(H,29,33)(H,30,35)(H,31,34)(H,36,37). The van der Waals surface area contributed by atoms with E-state index < -0.39 is 42.0 Å². The lowest BCUT2D eigenvalue weighted by Crippen LogP contribution is -2.59. The minimum Gasteiger partial charge on any atom is -0.508 e. The SMILES string of the molecule is CC(C)C(NC(=O)C(Cc1cnc[nH]1)NC(=O)C1CCCN1)C(=O)NC(Cc1ccc(O)cc1)C(=O)O. The van der Waals surface area contributed by atoms with Crippen LogP contribution in [0, 0.1) is 5.92 Å². The Hall–Kier alpha value is -3.93. The average Bonchev–Trinajstić information content (AvgIpc) is 3.57. The van der Waals surface area contributed by atoms with Gasteiger partial charge in [-0.2, -0.15) is 0 Å². The molecule has 0 aliphatic carbocycles. The van der Waals surface area contributed by atoms with Crippen LogP contribution in [0.4, 0.5) is 0 Å². The number of carboxylic acids is 1. The van der Waals surface area contributed by atoms with Crippen molar-refractivity contribution in [3.8, 4) is 5.75 Å². The Balaban J connectivity index is 1.70. The predicted octanol–water partition coefficient (Wildman–Crippen LogP) is -0.152. The fourth-order valence-electron chi connectivity index (χ4n) is 4.12. The largest absolute Gasteiger partial charge is 0.508 e. The lowest BCUT2D eigenvalue weighted by molar-refractivity contribution is -0.142. The number of benzene rings is 1. The van der Waals surface area contributed by atoms with E-state index in [1.165, 1.54) is 18.5 Å². The van der Waals surface area contributed by atoms with Gasteiger partial charge in [-0.1, -0.05) is 26.0 Å². The van der Waals surface area contributed by atoms with Gasteiger partial charge in [-0.05, 0) is 43.0 Å². The maximum Gasteiger partial charge on any atom is 0.326 e. The van der Waals surface area contributed by atoms with Crippen molar-refractivity contribution in [2.24, 2.45) is 5.92 Å². The van der Waals surface area contributed by atoms with Crippen molar-refractivity contribution in [2.45, 2.75) is 63.7 Å². The molecule has 12 nitrogen and oxygen atoms in total. The van der Waals surface area contributed by atoms with Gasteiger partial charge >= 0.3 is 5.97 Å². The highest BCUT2D eigenvalue weighted by atomic mass is 16.4. The second-order valence-electron chi connectivity index (χ2n) is 9.49. The summed E-state index contributed by atoms with van der Waals surface area (Å²) in [5, 5.41) is 30.2. The van der Waals surface area contributed by atoms with Gasteiger partial charge in [0.1, 0.15) is 23.9 Å². The number of hydrogen-bond donors (Lipinski definition) is 7. The van der Waals surface area contributed by atoms with Crippen LogP contribution < -0.4 is 21.3 Å². The summed E-state index contributed by atoms with van der Waals surface area (Å²) in [6.45, 7) is 4.18. The van der Waals surface area contributed by atoms with Crippen LogP contribution in [0.1, 0.15) is 37.9 Å². The van der Waals surface area contributed by atoms with E-state index in [0.29, 0.717) is 17.7 Å². The van der Waals surface area contributed by atoms with Gasteiger partial charge in [-0.3, -0.25) is 14.4 Å². The first kappa shape index (κ1) is 27.7. The lowest BCUT2D eigenvalue weighted by atomic mass is 10.00. The Labute approximate surface area is 214 Å². The van der Waals surface area contributed by atoms with E-state index in [2.05, 4.69) is 31.2 Å². The molecular weight excluding hydrogens is 480 g/mol. The summed E-state index contributed by atoms with van der Waals surface area (Å²) < 4.78 is 0. The molecule has 200 valence electrons. The highest BCUT2D eigenvalue weighted by molar-refractivity contribution is 5.94. The number of hydrogen-bond acceptors (Lipinski definition) is 7. The number of carbonyl (C=O) groups excluding carboxylic acids is 3. The number of nitrogens with one attached hydrogen (secondary N) is 5. The monoisotopic (exact) mass is 514 g/mol. The van der Waals surface area contributed by atoms with Gasteiger partial charge in [0.15, 0.2) is 0 Å². The molecule has 2 heterocycles. The molecule has 1 saturated heterocycles. The van der Waals surface area contributed by atoms with Crippen LogP contribution in [0.25, 0.3) is 0 Å². The first-order valence-corrected chi connectivity index (χ1v) is 12.3. The fourth-order valence-corrected chi connectivity index (χ4v) is 4.12. The number of phenolic OH excluding ortho intramolecular Hbond substituents is 1. The number of carbonyl (C=O) groups is 4. The summed E-state index contributed by atoms with van der Waals surface area (Å²) in [5.74, 6) is -3.08. The number of carboxylic acid groups (broad SMARTS) is 1. The molecule has 3 amide bonds. The maximum absolute atomic E-state index is 13.3. The minimum absolute atomic E-state index is 0.00693. The predicted molar refractivity (Wildman–Crippen MR) is 133 cm³/mol. The third kappa shape index (κ3) is 8.04. The van der Waals surface area contributed by atoms with Gasteiger partial charge < -0.3 is 36.5 Å². The number of aromatic nitrogens is 2. The Bertz CT molecular complexity index is 1070. The summed E-state index contributed by atoms with van der Waals surface area (Å²) in [5.41, 5.74) is 1.24. The number of amides is 3. The van der Waals surface area contributed by atoms with Gasteiger partial charge in [0.25, 0.3) is 0 Å². The summed E-state index contributed by atoms with van der Waals surface area (Å²) in [7, 11) is 0. The van der Waals surface area contributed by atoms with Gasteiger partial charge in [-0.25, -0.2) is 9.78 Å². The van der Waals surface area contributed by atoms with Crippen molar-refractivity contribution in [1.29, 1.82) is 0 Å². The fraction of sp³-hybridized carbons (Fsp3) is 0.480. The first-order valence-electron chi connectivity index (χ1n) is 12.3. The van der Waals surface area contributed by atoms with E-state index in [1.807, 2.05) is 0 Å². The van der Waals surface area contributed by atoms with Gasteiger partial charge in [0, 0.05) is 24.7 Å². The number of aromatic hydroxyl groups is 1. The number of rotatable bonds is 12. The molecule has 0 spiro atoms. The van der Waals surface area contributed by atoms with Gasteiger partial charge in [0.05, 0.1) is 12.4 Å². The molecule has 1 aromatic carbocycles. The smallest absolute Gasteiger partial charge is 0.326 e. The number of nitrogens with zero attached hydrogens (tertiary/aromatic N) is 1. The molecule has 7 N–H and O–H groups in total. The molecule has 0 radical (unpaired) electrons. The summed E-state index contributed by atoms with van der Waals surface area (Å²) in [6, 6.07) is 2.35.